The second-order valence-electron chi connectivity index (χ2n) is 7.00. The van der Waals surface area contributed by atoms with Gasteiger partial charge < -0.3 is 10.6 Å². The van der Waals surface area contributed by atoms with Crippen LogP contribution >= 0.6 is 11.8 Å². The van der Waals surface area contributed by atoms with Crippen molar-refractivity contribution in [1.82, 2.24) is 25.1 Å². The molecule has 0 aliphatic carbocycles. The number of benzene rings is 1. The molecular formula is C19H23N7O3S. The first kappa shape index (κ1) is 21.5. The number of fused-ring (bicyclic) bond motifs is 1. The second kappa shape index (κ2) is 9.53. The Bertz CT molecular complexity index is 1070. The van der Waals surface area contributed by atoms with Crippen LogP contribution in [0.5, 0.6) is 0 Å². The molecule has 0 aliphatic rings. The first-order chi connectivity index (χ1) is 14.4. The molecule has 2 heterocycles. The molecule has 3 rings (SSSR count). The first-order valence-corrected chi connectivity index (χ1v) is 10.7. The zero-order valence-electron chi connectivity index (χ0n) is 17.0. The van der Waals surface area contributed by atoms with Crippen molar-refractivity contribution in [3.05, 3.63) is 46.1 Å². The molecule has 0 unspecified atom stereocenters. The van der Waals surface area contributed by atoms with Crippen LogP contribution in [0.2, 0.25) is 0 Å². The van der Waals surface area contributed by atoms with Gasteiger partial charge in [-0.1, -0.05) is 31.7 Å². The maximum Gasteiger partial charge on any atom is 0.270 e. The van der Waals surface area contributed by atoms with E-state index in [0.29, 0.717) is 29.8 Å². The average molecular weight is 430 g/mol. The monoisotopic (exact) mass is 429 g/mol. The van der Waals surface area contributed by atoms with Crippen molar-refractivity contribution in [2.45, 2.75) is 25.5 Å². The van der Waals surface area contributed by atoms with E-state index < -0.39 is 4.92 Å². The summed E-state index contributed by atoms with van der Waals surface area (Å²) in [5, 5.41) is 22.8. The summed E-state index contributed by atoms with van der Waals surface area (Å²) in [4.78, 5) is 31.8. The van der Waals surface area contributed by atoms with Crippen molar-refractivity contribution in [2.75, 3.05) is 24.7 Å². The Kier molecular flexibility index (Phi) is 6.83. The number of carbonyl (C=O) groups is 1. The van der Waals surface area contributed by atoms with Gasteiger partial charge in [0.25, 0.3) is 11.6 Å². The lowest BCUT2D eigenvalue weighted by molar-refractivity contribution is -0.384. The Morgan fingerprint density at radius 2 is 2.13 bits per heavy atom. The summed E-state index contributed by atoms with van der Waals surface area (Å²) in [5.74, 6) is 0.825. The van der Waals surface area contributed by atoms with Gasteiger partial charge in [0, 0.05) is 30.8 Å². The number of nitrogens with zero attached hydrogens (tertiary/aromatic N) is 5. The molecule has 0 aliphatic heterocycles. The van der Waals surface area contributed by atoms with Gasteiger partial charge in [-0.25, -0.2) is 14.6 Å². The topological polar surface area (TPSA) is 128 Å². The van der Waals surface area contributed by atoms with Crippen LogP contribution in [0.3, 0.4) is 0 Å². The summed E-state index contributed by atoms with van der Waals surface area (Å²) in [6.45, 7) is 5.72. The lowest BCUT2D eigenvalue weighted by atomic mass is 10.2. The van der Waals surface area contributed by atoms with Gasteiger partial charge >= 0.3 is 0 Å². The van der Waals surface area contributed by atoms with Crippen LogP contribution in [0.25, 0.3) is 11.0 Å². The molecule has 0 fully saturated rings. The highest BCUT2D eigenvalue weighted by Gasteiger charge is 2.14. The molecule has 0 bridgehead atoms. The fourth-order valence-electron chi connectivity index (χ4n) is 2.76. The van der Waals surface area contributed by atoms with E-state index in [2.05, 4.69) is 39.5 Å². The number of anilines is 1. The largest absolute Gasteiger partial charge is 0.369 e. The number of nitro benzene ring substituents is 1. The molecule has 0 saturated carbocycles. The van der Waals surface area contributed by atoms with Crippen LogP contribution in [0.15, 0.2) is 35.6 Å². The molecule has 30 heavy (non-hydrogen) atoms. The van der Waals surface area contributed by atoms with Crippen LogP contribution in [-0.4, -0.2) is 49.9 Å². The van der Waals surface area contributed by atoms with Crippen LogP contribution in [0.4, 0.5) is 11.5 Å². The molecule has 0 radical (unpaired) electrons. The van der Waals surface area contributed by atoms with Gasteiger partial charge in [0.1, 0.15) is 5.82 Å². The molecular weight excluding hydrogens is 406 g/mol. The minimum absolute atomic E-state index is 0.122. The van der Waals surface area contributed by atoms with E-state index in [4.69, 9.17) is 0 Å². The predicted octanol–water partition coefficient (Wildman–Crippen LogP) is 2.95. The number of carbonyl (C=O) groups excluding carboxylic acids is 1. The van der Waals surface area contributed by atoms with Gasteiger partial charge in [-0.2, -0.15) is 5.10 Å². The molecule has 0 saturated heterocycles. The van der Waals surface area contributed by atoms with Crippen molar-refractivity contribution in [3.63, 3.8) is 0 Å². The van der Waals surface area contributed by atoms with Crippen LogP contribution in [0, 0.1) is 16.0 Å². The third-order valence-corrected chi connectivity index (χ3v) is 4.81. The van der Waals surface area contributed by atoms with Crippen molar-refractivity contribution in [1.29, 1.82) is 0 Å². The standard InChI is InChI=1S/C19H23N7O3S/c1-12(2)10-21-16-15-11-22-25(17(15)24-19(23-16)30-3)8-7-20-18(27)13-5-4-6-14(9-13)26(28)29/h4-6,9,11-12H,7-8,10H2,1-3H3,(H,20,27)(H,21,23,24). The molecule has 0 atom stereocenters. The minimum Gasteiger partial charge on any atom is -0.369 e. The molecule has 1 aromatic carbocycles. The van der Waals surface area contributed by atoms with Crippen molar-refractivity contribution < 1.29 is 9.72 Å². The van der Waals surface area contributed by atoms with Gasteiger partial charge in [-0.15, -0.1) is 0 Å². The number of non-ortho nitro benzene ring substituents is 1. The number of nitro groups is 1. The number of aromatic nitrogens is 4. The number of thioether (sulfide) groups is 1. The Morgan fingerprint density at radius 1 is 1.33 bits per heavy atom. The molecule has 11 heteroatoms. The number of hydrogen-bond acceptors (Lipinski definition) is 8. The first-order valence-electron chi connectivity index (χ1n) is 9.43. The molecule has 158 valence electrons. The Labute approximate surface area is 177 Å². The third-order valence-electron chi connectivity index (χ3n) is 4.26. The van der Waals surface area contributed by atoms with Gasteiger partial charge in [0.05, 0.1) is 23.1 Å². The molecule has 1 amide bonds. The minimum atomic E-state index is -0.527. The summed E-state index contributed by atoms with van der Waals surface area (Å²) in [6, 6.07) is 5.63. The van der Waals surface area contributed by atoms with E-state index in [-0.39, 0.29) is 17.2 Å². The highest BCUT2D eigenvalue weighted by atomic mass is 32.2. The van der Waals surface area contributed by atoms with Gasteiger partial charge in [-0.05, 0) is 18.2 Å². The summed E-state index contributed by atoms with van der Waals surface area (Å²) in [6.07, 6.45) is 3.62. The zero-order chi connectivity index (χ0) is 21.7. The SMILES string of the molecule is CSc1nc(NCC(C)C)c2cnn(CCNC(=O)c3cccc([N+](=O)[O-])c3)c2n1. The van der Waals surface area contributed by atoms with Crippen LogP contribution < -0.4 is 10.6 Å². The molecule has 2 aromatic heterocycles. The van der Waals surface area contributed by atoms with Gasteiger partial charge in [-0.3, -0.25) is 14.9 Å². The molecule has 0 spiro atoms. The Balaban J connectivity index is 1.71. The summed E-state index contributed by atoms with van der Waals surface area (Å²) < 4.78 is 1.71. The quantitative estimate of drug-likeness (QED) is 0.230. The van der Waals surface area contributed by atoms with E-state index in [0.717, 1.165) is 17.7 Å². The fourth-order valence-corrected chi connectivity index (χ4v) is 3.12. The summed E-state index contributed by atoms with van der Waals surface area (Å²) in [5.41, 5.74) is 0.801. The lowest BCUT2D eigenvalue weighted by Crippen LogP contribution is -2.27. The van der Waals surface area contributed by atoms with Crippen molar-refractivity contribution in [3.8, 4) is 0 Å². The van der Waals surface area contributed by atoms with E-state index in [9.17, 15) is 14.9 Å². The van der Waals surface area contributed by atoms with E-state index in [1.165, 1.54) is 36.0 Å². The molecule has 2 N–H and O–H groups in total. The average Bonchev–Trinajstić information content (AvgIpc) is 3.14. The lowest BCUT2D eigenvalue weighted by Gasteiger charge is -2.11. The normalized spacial score (nSPS) is 11.1. The van der Waals surface area contributed by atoms with Crippen LogP contribution in [-0.2, 0) is 6.54 Å². The molecule has 10 nitrogen and oxygen atoms in total. The number of amides is 1. The Morgan fingerprint density at radius 3 is 2.83 bits per heavy atom. The van der Waals surface area contributed by atoms with Crippen LogP contribution in [0.1, 0.15) is 24.2 Å². The fraction of sp³-hybridized carbons (Fsp3) is 0.368. The van der Waals surface area contributed by atoms with Crippen molar-refractivity contribution >= 4 is 40.2 Å². The third kappa shape index (κ3) is 5.03. The smallest absolute Gasteiger partial charge is 0.270 e. The maximum absolute atomic E-state index is 12.3. The van der Waals surface area contributed by atoms with Gasteiger partial charge in [0.2, 0.25) is 0 Å². The van der Waals surface area contributed by atoms with E-state index >= 15 is 0 Å². The van der Waals surface area contributed by atoms with Gasteiger partial charge in [0.15, 0.2) is 10.8 Å². The molecule has 3 aromatic rings. The second-order valence-corrected chi connectivity index (χ2v) is 7.78. The van der Waals surface area contributed by atoms with E-state index in [1.807, 2.05) is 6.26 Å². The highest BCUT2D eigenvalue weighted by molar-refractivity contribution is 7.98. The predicted molar refractivity (Wildman–Crippen MR) is 116 cm³/mol. The Hall–Kier alpha value is -3.21. The number of nitrogens with one attached hydrogen (secondary N) is 2. The summed E-state index contributed by atoms with van der Waals surface area (Å²) in [7, 11) is 0. The zero-order valence-corrected chi connectivity index (χ0v) is 17.8. The number of rotatable bonds is 9. The van der Waals surface area contributed by atoms with E-state index in [1.54, 1.807) is 10.9 Å². The van der Waals surface area contributed by atoms with Crippen molar-refractivity contribution in [2.24, 2.45) is 5.92 Å². The highest BCUT2D eigenvalue weighted by Crippen LogP contribution is 2.23. The maximum atomic E-state index is 12.3. The summed E-state index contributed by atoms with van der Waals surface area (Å²) >= 11 is 1.45. The number of hydrogen-bond donors (Lipinski definition) is 2.